The Labute approximate surface area is 124 Å². The van der Waals surface area contributed by atoms with E-state index in [1.807, 2.05) is 0 Å². The van der Waals surface area contributed by atoms with Gasteiger partial charge < -0.3 is 5.11 Å². The molecule has 2 aromatic heterocycles. The molecule has 21 heavy (non-hydrogen) atoms. The molecule has 9 heteroatoms. The van der Waals surface area contributed by atoms with E-state index in [-0.39, 0.29) is 10.6 Å². The van der Waals surface area contributed by atoms with E-state index >= 15 is 0 Å². The second kappa shape index (κ2) is 6.01. The Morgan fingerprint density at radius 1 is 1.43 bits per heavy atom. The molecule has 0 radical (unpaired) electrons. The molecule has 0 fully saturated rings. The number of carboxylic acid groups (broad SMARTS) is 1. The predicted molar refractivity (Wildman–Crippen MR) is 74.0 cm³/mol. The van der Waals surface area contributed by atoms with E-state index in [4.69, 9.17) is 10.4 Å². The SMILES string of the molecule is N#Cc1ccc(S(=O)(=O)NC(C(=O)O)c2cccs2)cn1. The van der Waals surface area contributed by atoms with E-state index < -0.39 is 22.0 Å². The number of thiophene rings is 1. The maximum atomic E-state index is 12.1. The third-order valence-corrected chi connectivity index (χ3v) is 4.85. The summed E-state index contributed by atoms with van der Waals surface area (Å²) in [6, 6.07) is 6.00. The standard InChI is InChI=1S/C12H9N3O4S2/c13-6-8-3-4-9(7-14-8)21(18,19)15-11(12(16)17)10-2-1-5-20-10/h1-5,7,11,15H,(H,16,17). The number of nitrogens with one attached hydrogen (secondary N) is 1. The average molecular weight is 323 g/mol. The lowest BCUT2D eigenvalue weighted by Gasteiger charge is -2.13. The van der Waals surface area contributed by atoms with E-state index in [0.29, 0.717) is 4.88 Å². The maximum Gasteiger partial charge on any atom is 0.327 e. The van der Waals surface area contributed by atoms with Crippen LogP contribution in [0, 0.1) is 11.3 Å². The summed E-state index contributed by atoms with van der Waals surface area (Å²) in [4.78, 5) is 15.0. The molecule has 7 nitrogen and oxygen atoms in total. The van der Waals surface area contributed by atoms with Crippen LogP contribution >= 0.6 is 11.3 Å². The lowest BCUT2D eigenvalue weighted by Crippen LogP contribution is -2.33. The molecular weight excluding hydrogens is 314 g/mol. The molecule has 0 aliphatic heterocycles. The highest BCUT2D eigenvalue weighted by Crippen LogP contribution is 2.21. The van der Waals surface area contributed by atoms with Gasteiger partial charge in [0.2, 0.25) is 10.0 Å². The third kappa shape index (κ3) is 3.43. The van der Waals surface area contributed by atoms with Crippen LogP contribution in [0.2, 0.25) is 0 Å². The molecular formula is C12H9N3O4S2. The average Bonchev–Trinajstić information content (AvgIpc) is 2.98. The zero-order valence-electron chi connectivity index (χ0n) is 10.4. The second-order valence-electron chi connectivity index (χ2n) is 3.90. The van der Waals surface area contributed by atoms with Gasteiger partial charge in [0.25, 0.3) is 0 Å². The number of hydrogen-bond donors (Lipinski definition) is 2. The van der Waals surface area contributed by atoms with Gasteiger partial charge in [0.05, 0.1) is 0 Å². The van der Waals surface area contributed by atoms with Crippen LogP contribution in [0.3, 0.4) is 0 Å². The number of hydrogen-bond acceptors (Lipinski definition) is 6. The Kier molecular flexibility index (Phi) is 4.32. The second-order valence-corrected chi connectivity index (χ2v) is 6.59. The van der Waals surface area contributed by atoms with Gasteiger partial charge in [0.1, 0.15) is 16.7 Å². The van der Waals surface area contributed by atoms with Gasteiger partial charge in [0.15, 0.2) is 6.04 Å². The highest BCUT2D eigenvalue weighted by atomic mass is 32.2. The van der Waals surface area contributed by atoms with Crippen LogP contribution < -0.4 is 4.72 Å². The molecule has 2 rings (SSSR count). The van der Waals surface area contributed by atoms with E-state index in [1.165, 1.54) is 18.2 Å². The normalized spacial score (nSPS) is 12.5. The van der Waals surface area contributed by atoms with Crippen molar-refractivity contribution in [2.24, 2.45) is 0 Å². The van der Waals surface area contributed by atoms with Crippen molar-refractivity contribution in [3.05, 3.63) is 46.4 Å². The van der Waals surface area contributed by atoms with E-state index in [2.05, 4.69) is 9.71 Å². The van der Waals surface area contributed by atoms with E-state index in [0.717, 1.165) is 17.5 Å². The van der Waals surface area contributed by atoms with Crippen molar-refractivity contribution in [2.75, 3.05) is 0 Å². The molecule has 0 bridgehead atoms. The molecule has 0 spiro atoms. The molecule has 0 saturated heterocycles. The zero-order chi connectivity index (χ0) is 15.5. The fraction of sp³-hybridized carbons (Fsp3) is 0.0833. The molecule has 2 aromatic rings. The molecule has 0 aliphatic carbocycles. The number of aromatic nitrogens is 1. The summed E-state index contributed by atoms with van der Waals surface area (Å²) in [6.45, 7) is 0. The summed E-state index contributed by atoms with van der Waals surface area (Å²) in [5, 5.41) is 19.4. The van der Waals surface area contributed by atoms with E-state index in [1.54, 1.807) is 17.5 Å². The van der Waals surface area contributed by atoms with Gasteiger partial charge in [-0.3, -0.25) is 4.79 Å². The fourth-order valence-electron chi connectivity index (χ4n) is 1.51. The highest BCUT2D eigenvalue weighted by molar-refractivity contribution is 7.89. The number of sulfonamides is 1. The summed E-state index contributed by atoms with van der Waals surface area (Å²) in [5.74, 6) is -1.30. The predicted octanol–water partition coefficient (Wildman–Crippen LogP) is 1.12. The molecule has 0 aliphatic rings. The van der Waals surface area contributed by atoms with Crippen LogP contribution in [0.1, 0.15) is 16.6 Å². The molecule has 0 amide bonds. The number of carboxylic acids is 1. The molecule has 1 unspecified atom stereocenters. The summed E-state index contributed by atoms with van der Waals surface area (Å²) in [6.07, 6.45) is 1.01. The summed E-state index contributed by atoms with van der Waals surface area (Å²) < 4.78 is 26.4. The van der Waals surface area contributed by atoms with Gasteiger partial charge in [-0.05, 0) is 23.6 Å². The van der Waals surface area contributed by atoms with Crippen LogP contribution in [0.4, 0.5) is 0 Å². The van der Waals surface area contributed by atoms with Crippen molar-refractivity contribution in [2.45, 2.75) is 10.9 Å². The van der Waals surface area contributed by atoms with Crippen LogP contribution in [0.25, 0.3) is 0 Å². The van der Waals surface area contributed by atoms with Crippen LogP contribution in [0.5, 0.6) is 0 Å². The van der Waals surface area contributed by atoms with Crippen molar-refractivity contribution in [1.29, 1.82) is 5.26 Å². The Bertz CT molecular complexity index is 777. The topological polar surface area (TPSA) is 120 Å². The minimum Gasteiger partial charge on any atom is -0.480 e. The monoisotopic (exact) mass is 323 g/mol. The smallest absolute Gasteiger partial charge is 0.327 e. The van der Waals surface area contributed by atoms with Crippen LogP contribution in [0.15, 0.2) is 40.7 Å². The first kappa shape index (κ1) is 15.1. The lowest BCUT2D eigenvalue weighted by molar-refractivity contribution is -0.139. The molecule has 1 atom stereocenters. The van der Waals surface area contributed by atoms with Gasteiger partial charge in [-0.1, -0.05) is 6.07 Å². The van der Waals surface area contributed by atoms with Gasteiger partial charge in [-0.2, -0.15) is 9.98 Å². The minimum atomic E-state index is -4.05. The summed E-state index contributed by atoms with van der Waals surface area (Å²) in [5.41, 5.74) is 0.0713. The van der Waals surface area contributed by atoms with Crippen LogP contribution in [-0.2, 0) is 14.8 Å². The van der Waals surface area contributed by atoms with Gasteiger partial charge in [-0.15, -0.1) is 11.3 Å². The van der Waals surface area contributed by atoms with Crippen molar-refractivity contribution < 1.29 is 18.3 Å². The minimum absolute atomic E-state index is 0.0713. The number of nitrogens with zero attached hydrogens (tertiary/aromatic N) is 2. The van der Waals surface area contributed by atoms with Crippen molar-refractivity contribution in [1.82, 2.24) is 9.71 Å². The molecule has 108 valence electrons. The first-order valence-corrected chi connectivity index (χ1v) is 7.95. The first-order valence-electron chi connectivity index (χ1n) is 5.59. The fourth-order valence-corrected chi connectivity index (χ4v) is 3.47. The third-order valence-electron chi connectivity index (χ3n) is 2.51. The summed E-state index contributed by atoms with van der Waals surface area (Å²) in [7, 11) is -4.05. The number of rotatable bonds is 5. The van der Waals surface area contributed by atoms with Crippen LogP contribution in [-0.4, -0.2) is 24.5 Å². The Hall–Kier alpha value is -2.28. The first-order chi connectivity index (χ1) is 9.94. The Balaban J connectivity index is 2.30. The number of carbonyl (C=O) groups is 1. The molecule has 0 saturated carbocycles. The molecule has 2 N–H and O–H groups in total. The Morgan fingerprint density at radius 2 is 2.19 bits per heavy atom. The van der Waals surface area contributed by atoms with Gasteiger partial charge >= 0.3 is 5.97 Å². The molecule has 2 heterocycles. The number of pyridine rings is 1. The number of aliphatic carboxylic acids is 1. The van der Waals surface area contributed by atoms with Crippen molar-refractivity contribution in [3.63, 3.8) is 0 Å². The lowest BCUT2D eigenvalue weighted by atomic mass is 10.3. The van der Waals surface area contributed by atoms with Gasteiger partial charge in [0, 0.05) is 11.1 Å². The summed E-state index contributed by atoms with van der Waals surface area (Å²) >= 11 is 1.13. The number of nitriles is 1. The Morgan fingerprint density at radius 3 is 2.67 bits per heavy atom. The quantitative estimate of drug-likeness (QED) is 0.850. The largest absolute Gasteiger partial charge is 0.480 e. The van der Waals surface area contributed by atoms with Crippen molar-refractivity contribution in [3.8, 4) is 6.07 Å². The zero-order valence-corrected chi connectivity index (χ0v) is 12.1. The van der Waals surface area contributed by atoms with Gasteiger partial charge in [-0.25, -0.2) is 13.4 Å². The van der Waals surface area contributed by atoms with Crippen molar-refractivity contribution >= 4 is 27.3 Å². The highest BCUT2D eigenvalue weighted by Gasteiger charge is 2.27. The maximum absolute atomic E-state index is 12.1. The molecule has 0 aromatic carbocycles. The van der Waals surface area contributed by atoms with E-state index in [9.17, 15) is 13.2 Å².